The molecule has 13 heteroatoms. The van der Waals surface area contributed by atoms with Gasteiger partial charge in [0.2, 0.25) is 5.91 Å². The van der Waals surface area contributed by atoms with Crippen molar-refractivity contribution in [1.29, 1.82) is 0 Å². The number of amides is 2. The van der Waals surface area contributed by atoms with E-state index in [1.54, 1.807) is 24.3 Å². The highest BCUT2D eigenvalue weighted by atomic mass is 19.4. The number of aryl methyl sites for hydroxylation is 1. The number of carbonyl (C=O) groups excluding carboxylic acids is 2. The Balaban J connectivity index is 1.34. The first kappa shape index (κ1) is 31.5. The Bertz CT molecular complexity index is 1740. The van der Waals surface area contributed by atoms with E-state index in [-0.39, 0.29) is 29.2 Å². The van der Waals surface area contributed by atoms with Crippen LogP contribution >= 0.6 is 0 Å². The second kappa shape index (κ2) is 13.1. The standard InChI is InChI=1S/C33H37F3N8O2/c1-43-15-3-2-5-23-19-40-30(37)27-28(42-44(29(23)27)25-7-4-6-22(17-25)31(45)39-14-16-43)20-8-10-21(11-9-20)32(46)41-26-18-24(12-13-38-26)33(34,35)36/h8-13,18-19,22,25H,2-7,14-17H2,1H3,(H2,37,40)(H,39,45)(H,38,41,46)/t22-,25-/m1/s1. The summed E-state index contributed by atoms with van der Waals surface area (Å²) < 4.78 is 41.4. The number of fused-ring (bicyclic) bond motifs is 3. The number of aromatic nitrogens is 4. The number of alkyl halides is 3. The lowest BCUT2D eigenvalue weighted by molar-refractivity contribution is -0.137. The molecule has 1 aliphatic heterocycles. The Morgan fingerprint density at radius 1 is 1.07 bits per heavy atom. The van der Waals surface area contributed by atoms with Crippen LogP contribution in [0.3, 0.4) is 0 Å². The molecule has 1 aromatic carbocycles. The minimum absolute atomic E-state index is 0.000820. The quantitative estimate of drug-likeness (QED) is 0.273. The molecule has 0 unspecified atom stereocenters. The maximum Gasteiger partial charge on any atom is 0.416 e. The first-order valence-corrected chi connectivity index (χ1v) is 15.7. The Kier molecular flexibility index (Phi) is 8.94. The predicted molar refractivity (Wildman–Crippen MR) is 169 cm³/mol. The van der Waals surface area contributed by atoms with E-state index in [1.807, 2.05) is 10.9 Å². The van der Waals surface area contributed by atoms with Crippen molar-refractivity contribution in [2.24, 2.45) is 5.92 Å². The van der Waals surface area contributed by atoms with Gasteiger partial charge in [-0.15, -0.1) is 0 Å². The number of carbonyl (C=O) groups is 2. The molecule has 46 heavy (non-hydrogen) atoms. The lowest BCUT2D eigenvalue weighted by atomic mass is 9.85. The van der Waals surface area contributed by atoms with E-state index in [0.29, 0.717) is 30.0 Å². The maximum atomic E-state index is 13.1. The Hall–Kier alpha value is -4.52. The number of hydrogen-bond donors (Lipinski definition) is 3. The Labute approximate surface area is 264 Å². The van der Waals surface area contributed by atoms with E-state index in [1.165, 1.54) is 0 Å². The van der Waals surface area contributed by atoms with E-state index in [9.17, 15) is 22.8 Å². The summed E-state index contributed by atoms with van der Waals surface area (Å²) in [5, 5.41) is 11.4. The van der Waals surface area contributed by atoms with E-state index in [0.717, 1.165) is 86.4 Å². The zero-order chi connectivity index (χ0) is 32.4. The maximum absolute atomic E-state index is 13.1. The number of halogens is 3. The third-order valence-corrected chi connectivity index (χ3v) is 8.97. The van der Waals surface area contributed by atoms with Gasteiger partial charge in [-0.25, -0.2) is 9.97 Å². The van der Waals surface area contributed by atoms with Gasteiger partial charge in [0.1, 0.15) is 17.3 Å². The fraction of sp³-hybridized carbons (Fsp3) is 0.424. The van der Waals surface area contributed by atoms with E-state index in [4.69, 9.17) is 10.8 Å². The van der Waals surface area contributed by atoms with E-state index >= 15 is 0 Å². The smallest absolute Gasteiger partial charge is 0.383 e. The summed E-state index contributed by atoms with van der Waals surface area (Å²) in [6.07, 6.45) is 4.32. The van der Waals surface area contributed by atoms with E-state index < -0.39 is 17.6 Å². The van der Waals surface area contributed by atoms with Crippen LogP contribution in [0.4, 0.5) is 24.8 Å². The molecular formula is C33H37F3N8O2. The molecule has 4 heterocycles. The van der Waals surface area contributed by atoms with Gasteiger partial charge in [0, 0.05) is 42.5 Å². The van der Waals surface area contributed by atoms with Gasteiger partial charge in [0.15, 0.2) is 0 Å². The Morgan fingerprint density at radius 2 is 1.87 bits per heavy atom. The number of hydrogen-bond acceptors (Lipinski definition) is 7. The second-order valence-electron chi connectivity index (χ2n) is 12.2. The van der Waals surface area contributed by atoms with Crippen molar-refractivity contribution in [2.45, 2.75) is 57.2 Å². The topological polar surface area (TPSA) is 131 Å². The van der Waals surface area contributed by atoms with Crippen LogP contribution in [0.1, 0.15) is 66.1 Å². The molecule has 2 bridgehead atoms. The fourth-order valence-corrected chi connectivity index (χ4v) is 6.50. The van der Waals surface area contributed by atoms with Crippen LogP contribution in [-0.2, 0) is 17.4 Å². The summed E-state index contributed by atoms with van der Waals surface area (Å²) in [7, 11) is 2.07. The van der Waals surface area contributed by atoms with Crippen molar-refractivity contribution >= 4 is 34.4 Å². The highest BCUT2D eigenvalue weighted by Gasteiger charge is 2.32. The molecular weight excluding hydrogens is 597 g/mol. The van der Waals surface area contributed by atoms with Crippen molar-refractivity contribution in [3.05, 3.63) is 65.5 Å². The number of anilines is 2. The zero-order valence-electron chi connectivity index (χ0n) is 25.6. The average molecular weight is 635 g/mol. The summed E-state index contributed by atoms with van der Waals surface area (Å²) in [6, 6.07) is 8.30. The van der Waals surface area contributed by atoms with E-state index in [2.05, 4.69) is 32.5 Å². The third-order valence-electron chi connectivity index (χ3n) is 8.97. The van der Waals surface area contributed by atoms with Crippen LogP contribution in [0.2, 0.25) is 0 Å². The van der Waals surface area contributed by atoms with Crippen molar-refractivity contribution in [3.8, 4) is 11.3 Å². The monoisotopic (exact) mass is 634 g/mol. The third kappa shape index (κ3) is 6.69. The van der Waals surface area contributed by atoms with Gasteiger partial charge >= 0.3 is 6.18 Å². The number of nitrogens with two attached hydrogens (primary N) is 1. The van der Waals surface area contributed by atoms with Crippen LogP contribution in [0.5, 0.6) is 0 Å². The van der Waals surface area contributed by atoms with Crippen molar-refractivity contribution < 1.29 is 22.8 Å². The summed E-state index contributed by atoms with van der Waals surface area (Å²) in [5.74, 6) is -0.469. The lowest BCUT2D eigenvalue weighted by Gasteiger charge is -2.29. The molecule has 0 radical (unpaired) electrons. The molecule has 6 rings (SSSR count). The minimum Gasteiger partial charge on any atom is -0.383 e. The fourth-order valence-electron chi connectivity index (χ4n) is 6.50. The first-order chi connectivity index (χ1) is 22.1. The highest BCUT2D eigenvalue weighted by molar-refractivity contribution is 6.05. The van der Waals surface area contributed by atoms with Gasteiger partial charge in [0.25, 0.3) is 5.91 Å². The minimum atomic E-state index is -4.55. The van der Waals surface area contributed by atoms with Gasteiger partial charge in [-0.1, -0.05) is 18.6 Å². The summed E-state index contributed by atoms with van der Waals surface area (Å²) >= 11 is 0. The first-order valence-electron chi connectivity index (χ1n) is 15.7. The second-order valence-corrected chi connectivity index (χ2v) is 12.2. The van der Waals surface area contributed by atoms with Crippen LogP contribution in [-0.4, -0.2) is 63.1 Å². The number of nitrogens with one attached hydrogen (secondary N) is 2. The van der Waals surface area contributed by atoms with Crippen LogP contribution in [0, 0.1) is 5.92 Å². The van der Waals surface area contributed by atoms with Gasteiger partial charge in [-0.05, 0) is 81.9 Å². The molecule has 3 aromatic heterocycles. The van der Waals surface area contributed by atoms with Crippen molar-refractivity contribution in [3.63, 3.8) is 0 Å². The molecule has 4 aromatic rings. The number of likely N-dealkylation sites (N-methyl/N-ethyl adjacent to an activating group) is 1. The van der Waals surface area contributed by atoms with Gasteiger partial charge < -0.3 is 21.3 Å². The summed E-state index contributed by atoms with van der Waals surface area (Å²) in [6.45, 7) is 2.35. The van der Waals surface area contributed by atoms with Crippen LogP contribution in [0.15, 0.2) is 48.8 Å². The number of nitrogen functional groups attached to an aromatic ring is 1. The molecule has 1 fully saturated rings. The molecule has 0 spiro atoms. The average Bonchev–Trinajstić information content (AvgIpc) is 3.45. The number of nitrogens with zero attached hydrogens (tertiary/aromatic N) is 5. The molecule has 2 amide bonds. The lowest BCUT2D eigenvalue weighted by Crippen LogP contribution is -2.38. The molecule has 1 aliphatic carbocycles. The van der Waals surface area contributed by atoms with Crippen molar-refractivity contribution in [1.82, 2.24) is 30.0 Å². The summed E-state index contributed by atoms with van der Waals surface area (Å²) in [4.78, 5) is 36.7. The number of benzene rings is 1. The summed E-state index contributed by atoms with van der Waals surface area (Å²) in [5.41, 5.74) is 9.18. The largest absolute Gasteiger partial charge is 0.416 e. The molecule has 0 saturated heterocycles. The predicted octanol–water partition coefficient (Wildman–Crippen LogP) is 5.46. The molecule has 242 valence electrons. The normalized spacial score (nSPS) is 20.0. The SMILES string of the molecule is CN1CCCCc2cnc(N)c3c(-c4ccc(C(=O)Nc5cc(C(F)(F)F)ccn5)cc4)nn(c23)[C@@H]2CCC[C@H](C2)C(=O)NCC1. The molecule has 2 aliphatic rings. The van der Waals surface area contributed by atoms with Crippen molar-refractivity contribution in [2.75, 3.05) is 37.7 Å². The van der Waals surface area contributed by atoms with Gasteiger partial charge in [-0.3, -0.25) is 14.3 Å². The number of rotatable bonds is 3. The van der Waals surface area contributed by atoms with Crippen LogP contribution < -0.4 is 16.4 Å². The van der Waals surface area contributed by atoms with Gasteiger partial charge in [0.05, 0.1) is 22.5 Å². The molecule has 4 N–H and O–H groups in total. The molecule has 10 nitrogen and oxygen atoms in total. The molecule has 1 saturated carbocycles. The highest BCUT2D eigenvalue weighted by Crippen LogP contribution is 2.40. The van der Waals surface area contributed by atoms with Crippen LogP contribution in [0.25, 0.3) is 22.2 Å². The zero-order valence-corrected chi connectivity index (χ0v) is 25.6. The van der Waals surface area contributed by atoms with Gasteiger partial charge in [-0.2, -0.15) is 18.3 Å². The Morgan fingerprint density at radius 3 is 2.65 bits per heavy atom. The number of pyridine rings is 2. The molecule has 2 atom stereocenters.